The SMILES string of the molecule is CCCCOc1ccc(C=N/N=C2/NC(=O)C(Cc3cccc(OC)c3)S2)cc1OC. The lowest BCUT2D eigenvalue weighted by atomic mass is 10.1. The molecule has 8 heteroatoms. The van der Waals surface area contributed by atoms with E-state index in [-0.39, 0.29) is 11.2 Å². The Labute approximate surface area is 186 Å². The highest BCUT2D eigenvalue weighted by atomic mass is 32.2. The summed E-state index contributed by atoms with van der Waals surface area (Å²) in [5, 5.41) is 11.3. The third kappa shape index (κ3) is 6.49. The molecule has 0 saturated carbocycles. The number of carbonyl (C=O) groups is 1. The first kappa shape index (κ1) is 22.7. The van der Waals surface area contributed by atoms with E-state index >= 15 is 0 Å². The highest BCUT2D eigenvalue weighted by molar-refractivity contribution is 8.15. The molecule has 0 aromatic heterocycles. The number of thioether (sulfide) groups is 1. The van der Waals surface area contributed by atoms with Gasteiger partial charge >= 0.3 is 0 Å². The molecule has 1 amide bonds. The summed E-state index contributed by atoms with van der Waals surface area (Å²) in [5.74, 6) is 2.06. The van der Waals surface area contributed by atoms with Crippen LogP contribution in [0.15, 0.2) is 52.7 Å². The highest BCUT2D eigenvalue weighted by Crippen LogP contribution is 2.28. The Morgan fingerprint density at radius 2 is 2.00 bits per heavy atom. The van der Waals surface area contributed by atoms with Gasteiger partial charge in [0.1, 0.15) is 5.75 Å². The predicted octanol–water partition coefficient (Wildman–Crippen LogP) is 4.05. The molecule has 2 aromatic rings. The van der Waals surface area contributed by atoms with E-state index in [0.29, 0.717) is 29.7 Å². The molecule has 0 aliphatic carbocycles. The van der Waals surface area contributed by atoms with Crippen LogP contribution in [0.1, 0.15) is 30.9 Å². The maximum atomic E-state index is 12.3. The maximum Gasteiger partial charge on any atom is 0.239 e. The van der Waals surface area contributed by atoms with Crippen LogP contribution in [0, 0.1) is 0 Å². The fourth-order valence-corrected chi connectivity index (χ4v) is 3.92. The molecular formula is C23H27N3O4S. The summed E-state index contributed by atoms with van der Waals surface area (Å²) >= 11 is 1.37. The third-order valence-electron chi connectivity index (χ3n) is 4.63. The zero-order valence-electron chi connectivity index (χ0n) is 18.0. The van der Waals surface area contributed by atoms with Gasteiger partial charge in [0.05, 0.1) is 32.3 Å². The Morgan fingerprint density at radius 3 is 2.77 bits per heavy atom. The van der Waals surface area contributed by atoms with Crippen LogP contribution >= 0.6 is 11.8 Å². The van der Waals surface area contributed by atoms with Gasteiger partial charge in [-0.3, -0.25) is 4.79 Å². The average molecular weight is 442 g/mol. The molecule has 31 heavy (non-hydrogen) atoms. The number of ether oxygens (including phenoxy) is 3. The van der Waals surface area contributed by atoms with E-state index in [4.69, 9.17) is 14.2 Å². The second-order valence-corrected chi connectivity index (χ2v) is 8.10. The van der Waals surface area contributed by atoms with Gasteiger partial charge in [0, 0.05) is 0 Å². The van der Waals surface area contributed by atoms with Crippen molar-refractivity contribution in [3.8, 4) is 17.2 Å². The molecule has 1 atom stereocenters. The summed E-state index contributed by atoms with van der Waals surface area (Å²) in [7, 11) is 3.23. The summed E-state index contributed by atoms with van der Waals surface area (Å²) in [6.45, 7) is 2.77. The Bertz CT molecular complexity index is 962. The fraction of sp³-hybridized carbons (Fsp3) is 0.348. The minimum atomic E-state index is -0.249. The van der Waals surface area contributed by atoms with Gasteiger partial charge in [-0.05, 0) is 54.3 Å². The van der Waals surface area contributed by atoms with E-state index < -0.39 is 0 Å². The quantitative estimate of drug-likeness (QED) is 0.342. The van der Waals surface area contributed by atoms with Gasteiger partial charge in [-0.1, -0.05) is 37.2 Å². The molecule has 1 unspecified atom stereocenters. The molecule has 2 aromatic carbocycles. The van der Waals surface area contributed by atoms with Crippen molar-refractivity contribution >= 4 is 29.1 Å². The van der Waals surface area contributed by atoms with Crippen LogP contribution in [0.4, 0.5) is 0 Å². The van der Waals surface area contributed by atoms with Gasteiger partial charge in [0.2, 0.25) is 5.91 Å². The molecule has 1 saturated heterocycles. The average Bonchev–Trinajstić information content (AvgIpc) is 3.13. The van der Waals surface area contributed by atoms with E-state index in [1.54, 1.807) is 20.4 Å². The van der Waals surface area contributed by atoms with Crippen molar-refractivity contribution in [3.63, 3.8) is 0 Å². The smallest absolute Gasteiger partial charge is 0.239 e. The highest BCUT2D eigenvalue weighted by Gasteiger charge is 2.30. The molecule has 0 spiro atoms. The molecule has 3 rings (SSSR count). The largest absolute Gasteiger partial charge is 0.497 e. The van der Waals surface area contributed by atoms with Crippen molar-refractivity contribution in [1.82, 2.24) is 5.32 Å². The van der Waals surface area contributed by atoms with Gasteiger partial charge in [-0.15, -0.1) is 5.10 Å². The van der Waals surface area contributed by atoms with Gasteiger partial charge in [0.15, 0.2) is 16.7 Å². The normalized spacial score (nSPS) is 17.2. The van der Waals surface area contributed by atoms with Crippen molar-refractivity contribution in [2.24, 2.45) is 10.2 Å². The number of rotatable bonds is 10. The second kappa shape index (κ2) is 11.4. The third-order valence-corrected chi connectivity index (χ3v) is 5.70. The van der Waals surface area contributed by atoms with Gasteiger partial charge in [-0.25, -0.2) is 0 Å². The topological polar surface area (TPSA) is 81.5 Å². The Kier molecular flexibility index (Phi) is 8.35. The second-order valence-electron chi connectivity index (χ2n) is 6.91. The van der Waals surface area contributed by atoms with Crippen molar-refractivity contribution in [2.75, 3.05) is 20.8 Å². The molecule has 0 radical (unpaired) electrons. The molecule has 1 aliphatic rings. The summed E-state index contributed by atoms with van der Waals surface area (Å²) < 4.78 is 16.4. The first-order valence-electron chi connectivity index (χ1n) is 10.1. The number of amidine groups is 1. The lowest BCUT2D eigenvalue weighted by molar-refractivity contribution is -0.118. The number of amides is 1. The van der Waals surface area contributed by atoms with Gasteiger partial charge in [-0.2, -0.15) is 5.10 Å². The van der Waals surface area contributed by atoms with E-state index in [0.717, 1.165) is 29.7 Å². The molecule has 164 valence electrons. The Hall–Kier alpha value is -3.00. The number of unbranched alkanes of at least 4 members (excludes halogenated alkanes) is 1. The summed E-state index contributed by atoms with van der Waals surface area (Å²) in [4.78, 5) is 12.3. The zero-order chi connectivity index (χ0) is 22.1. The molecule has 1 fully saturated rings. The monoisotopic (exact) mass is 441 g/mol. The fourth-order valence-electron chi connectivity index (χ4n) is 2.96. The van der Waals surface area contributed by atoms with Crippen LogP contribution in [0.2, 0.25) is 0 Å². The van der Waals surface area contributed by atoms with E-state index in [1.165, 1.54) is 11.8 Å². The van der Waals surface area contributed by atoms with Gasteiger partial charge in [0.25, 0.3) is 0 Å². The minimum Gasteiger partial charge on any atom is -0.497 e. The first-order valence-corrected chi connectivity index (χ1v) is 11.0. The Morgan fingerprint density at radius 1 is 1.13 bits per heavy atom. The van der Waals surface area contributed by atoms with Crippen LogP contribution in [-0.4, -0.2) is 43.4 Å². The first-order chi connectivity index (χ1) is 15.1. The number of hydrogen-bond donors (Lipinski definition) is 1. The van der Waals surface area contributed by atoms with Crippen molar-refractivity contribution in [3.05, 3.63) is 53.6 Å². The summed E-state index contributed by atoms with van der Waals surface area (Å²) in [5.41, 5.74) is 1.86. The number of carbonyl (C=O) groups excluding carboxylic acids is 1. The number of methoxy groups -OCH3 is 2. The van der Waals surface area contributed by atoms with Crippen molar-refractivity contribution in [1.29, 1.82) is 0 Å². The minimum absolute atomic E-state index is 0.0722. The zero-order valence-corrected chi connectivity index (χ0v) is 18.8. The molecular weight excluding hydrogens is 414 g/mol. The molecule has 1 aliphatic heterocycles. The standard InChI is InChI=1S/C23H27N3O4S/c1-4-5-11-30-19-10-9-17(13-20(19)29-3)15-24-26-23-25-22(27)21(31-23)14-16-7-6-8-18(12-16)28-2/h6-10,12-13,15,21H,4-5,11,14H2,1-3H3,(H,25,26,27). The number of nitrogens with zero attached hydrogens (tertiary/aromatic N) is 2. The van der Waals surface area contributed by atoms with Crippen LogP contribution in [0.3, 0.4) is 0 Å². The Balaban J connectivity index is 1.60. The molecule has 7 nitrogen and oxygen atoms in total. The molecule has 1 heterocycles. The van der Waals surface area contributed by atoms with Crippen molar-refractivity contribution in [2.45, 2.75) is 31.4 Å². The van der Waals surface area contributed by atoms with Gasteiger partial charge < -0.3 is 19.5 Å². The summed E-state index contributed by atoms with van der Waals surface area (Å²) in [6.07, 6.45) is 4.27. The number of nitrogens with one attached hydrogen (secondary N) is 1. The van der Waals surface area contributed by atoms with Crippen molar-refractivity contribution < 1.29 is 19.0 Å². The number of benzene rings is 2. The van der Waals surface area contributed by atoms with E-state index in [1.807, 2.05) is 42.5 Å². The van der Waals surface area contributed by atoms with Crippen LogP contribution in [0.25, 0.3) is 0 Å². The molecule has 0 bridgehead atoms. The number of hydrogen-bond acceptors (Lipinski definition) is 7. The lowest BCUT2D eigenvalue weighted by Gasteiger charge is -2.10. The maximum absolute atomic E-state index is 12.3. The van der Waals surface area contributed by atoms with E-state index in [2.05, 4.69) is 22.4 Å². The van der Waals surface area contributed by atoms with Crippen LogP contribution < -0.4 is 19.5 Å². The molecule has 1 N–H and O–H groups in total. The predicted molar refractivity (Wildman–Crippen MR) is 125 cm³/mol. The van der Waals surface area contributed by atoms with Crippen LogP contribution in [-0.2, 0) is 11.2 Å². The van der Waals surface area contributed by atoms with E-state index in [9.17, 15) is 4.79 Å². The van der Waals surface area contributed by atoms with Crippen LogP contribution in [0.5, 0.6) is 17.2 Å². The summed E-state index contributed by atoms with van der Waals surface area (Å²) in [6, 6.07) is 13.3. The lowest BCUT2D eigenvalue weighted by Crippen LogP contribution is -2.25.